The SMILES string of the molecule is O[C@]1(c2ccccc2)C=C(c2ccccc2)C=C(c2ccccc2)O1. The van der Waals surface area contributed by atoms with Gasteiger partial charge in [0.2, 0.25) is 0 Å². The van der Waals surface area contributed by atoms with Crippen LogP contribution in [0.4, 0.5) is 0 Å². The van der Waals surface area contributed by atoms with Crippen LogP contribution in [0.5, 0.6) is 0 Å². The van der Waals surface area contributed by atoms with Gasteiger partial charge in [-0.25, -0.2) is 0 Å². The normalized spacial score (nSPS) is 19.6. The first-order valence-corrected chi connectivity index (χ1v) is 8.27. The summed E-state index contributed by atoms with van der Waals surface area (Å²) in [5.74, 6) is -0.861. The third kappa shape index (κ3) is 3.12. The van der Waals surface area contributed by atoms with E-state index in [1.807, 2.05) is 97.1 Å². The molecule has 1 atom stereocenters. The lowest BCUT2D eigenvalue weighted by atomic mass is 9.94. The summed E-state index contributed by atoms with van der Waals surface area (Å²) in [6, 6.07) is 29.3. The van der Waals surface area contributed by atoms with E-state index in [-0.39, 0.29) is 0 Å². The summed E-state index contributed by atoms with van der Waals surface area (Å²) in [6.45, 7) is 0. The Kier molecular flexibility index (Phi) is 3.96. The van der Waals surface area contributed by atoms with Crippen molar-refractivity contribution in [2.75, 3.05) is 0 Å². The van der Waals surface area contributed by atoms with Crippen molar-refractivity contribution in [2.45, 2.75) is 5.79 Å². The van der Waals surface area contributed by atoms with E-state index >= 15 is 0 Å². The molecular formula is C23H18O2. The van der Waals surface area contributed by atoms with Crippen LogP contribution in [0.25, 0.3) is 11.3 Å². The van der Waals surface area contributed by atoms with E-state index in [1.54, 1.807) is 6.08 Å². The third-order valence-electron chi connectivity index (χ3n) is 4.26. The highest BCUT2D eigenvalue weighted by atomic mass is 16.6. The van der Waals surface area contributed by atoms with Crippen molar-refractivity contribution in [1.82, 2.24) is 0 Å². The average Bonchev–Trinajstić information content (AvgIpc) is 2.70. The van der Waals surface area contributed by atoms with Crippen LogP contribution < -0.4 is 0 Å². The van der Waals surface area contributed by atoms with E-state index < -0.39 is 5.79 Å². The molecule has 3 aromatic rings. The van der Waals surface area contributed by atoms with Gasteiger partial charge in [0, 0.05) is 11.1 Å². The molecule has 0 spiro atoms. The molecule has 0 amide bonds. The van der Waals surface area contributed by atoms with Crippen molar-refractivity contribution in [3.05, 3.63) is 120 Å². The second-order valence-electron chi connectivity index (χ2n) is 6.00. The zero-order valence-electron chi connectivity index (χ0n) is 13.7. The van der Waals surface area contributed by atoms with Gasteiger partial charge in [0.05, 0.1) is 0 Å². The molecule has 1 aliphatic rings. The molecule has 1 heterocycles. The van der Waals surface area contributed by atoms with Gasteiger partial charge in [-0.1, -0.05) is 91.0 Å². The number of aliphatic hydroxyl groups is 1. The maximum absolute atomic E-state index is 11.3. The van der Waals surface area contributed by atoms with Gasteiger partial charge < -0.3 is 9.84 Å². The Labute approximate surface area is 147 Å². The topological polar surface area (TPSA) is 29.5 Å². The molecule has 0 bridgehead atoms. The summed E-state index contributed by atoms with van der Waals surface area (Å²) < 4.78 is 6.04. The maximum atomic E-state index is 11.3. The molecule has 2 nitrogen and oxygen atoms in total. The lowest BCUT2D eigenvalue weighted by Gasteiger charge is -2.32. The van der Waals surface area contributed by atoms with Gasteiger partial charge in [-0.3, -0.25) is 0 Å². The summed E-state index contributed by atoms with van der Waals surface area (Å²) in [6.07, 6.45) is 3.74. The quantitative estimate of drug-likeness (QED) is 0.735. The van der Waals surface area contributed by atoms with Gasteiger partial charge in [-0.2, -0.15) is 0 Å². The Hall–Kier alpha value is -3.10. The molecule has 4 rings (SSSR count). The molecule has 1 aliphatic heterocycles. The Morgan fingerprint density at radius 3 is 1.76 bits per heavy atom. The molecule has 25 heavy (non-hydrogen) atoms. The van der Waals surface area contributed by atoms with Crippen LogP contribution >= 0.6 is 0 Å². The molecular weight excluding hydrogens is 308 g/mol. The molecule has 122 valence electrons. The first kappa shape index (κ1) is 15.4. The molecule has 0 radical (unpaired) electrons. The second-order valence-corrected chi connectivity index (χ2v) is 6.00. The van der Waals surface area contributed by atoms with Gasteiger partial charge in [-0.05, 0) is 23.3 Å². The van der Waals surface area contributed by atoms with Crippen LogP contribution in [0.15, 0.2) is 103 Å². The fraction of sp³-hybridized carbons (Fsp3) is 0.0435. The molecule has 1 N–H and O–H groups in total. The minimum absolute atomic E-state index is 0.647. The van der Waals surface area contributed by atoms with Crippen molar-refractivity contribution in [3.63, 3.8) is 0 Å². The summed E-state index contributed by atoms with van der Waals surface area (Å²) >= 11 is 0. The van der Waals surface area contributed by atoms with Crippen LogP contribution in [0.1, 0.15) is 16.7 Å². The molecule has 2 heteroatoms. The monoisotopic (exact) mass is 326 g/mol. The lowest BCUT2D eigenvalue weighted by molar-refractivity contribution is -0.123. The molecule has 0 aromatic heterocycles. The molecule has 0 aliphatic carbocycles. The number of ether oxygens (including phenoxy) is 1. The number of benzene rings is 3. The van der Waals surface area contributed by atoms with Crippen LogP contribution in [-0.4, -0.2) is 5.11 Å². The second kappa shape index (κ2) is 6.42. The molecule has 3 aromatic carbocycles. The fourth-order valence-electron chi connectivity index (χ4n) is 2.98. The Morgan fingerprint density at radius 2 is 1.16 bits per heavy atom. The van der Waals surface area contributed by atoms with Crippen molar-refractivity contribution in [1.29, 1.82) is 0 Å². The number of hydrogen-bond donors (Lipinski definition) is 1. The zero-order valence-corrected chi connectivity index (χ0v) is 13.7. The van der Waals surface area contributed by atoms with E-state index in [4.69, 9.17) is 4.74 Å². The average molecular weight is 326 g/mol. The van der Waals surface area contributed by atoms with Gasteiger partial charge in [0.25, 0.3) is 5.79 Å². The van der Waals surface area contributed by atoms with Gasteiger partial charge >= 0.3 is 0 Å². The van der Waals surface area contributed by atoms with Crippen molar-refractivity contribution in [2.24, 2.45) is 0 Å². The molecule has 0 saturated heterocycles. The highest BCUT2D eigenvalue weighted by molar-refractivity contribution is 5.84. The van der Waals surface area contributed by atoms with Crippen LogP contribution in [0.3, 0.4) is 0 Å². The Morgan fingerprint density at radius 1 is 0.640 bits per heavy atom. The summed E-state index contributed by atoms with van der Waals surface area (Å²) in [7, 11) is 0. The lowest BCUT2D eigenvalue weighted by Crippen LogP contribution is -2.28. The highest BCUT2D eigenvalue weighted by Crippen LogP contribution is 2.39. The first-order chi connectivity index (χ1) is 12.2. The van der Waals surface area contributed by atoms with Crippen molar-refractivity contribution < 1.29 is 9.84 Å². The summed E-state index contributed by atoms with van der Waals surface area (Å²) in [5.41, 5.74) is 3.59. The molecule has 0 saturated carbocycles. The van der Waals surface area contributed by atoms with Crippen LogP contribution in [0.2, 0.25) is 0 Å². The van der Waals surface area contributed by atoms with E-state index in [2.05, 4.69) is 0 Å². The zero-order chi connectivity index (χ0) is 17.1. The fourth-order valence-corrected chi connectivity index (χ4v) is 2.98. The Balaban J connectivity index is 1.85. The number of hydrogen-bond acceptors (Lipinski definition) is 2. The number of rotatable bonds is 3. The van der Waals surface area contributed by atoms with E-state index in [1.165, 1.54) is 0 Å². The largest absolute Gasteiger partial charge is 0.454 e. The maximum Gasteiger partial charge on any atom is 0.255 e. The molecule has 0 fully saturated rings. The van der Waals surface area contributed by atoms with E-state index in [9.17, 15) is 5.11 Å². The molecule has 0 unspecified atom stereocenters. The standard InChI is InChI=1S/C23H18O2/c24-23(21-14-8-3-9-15-21)17-20(18-10-4-1-5-11-18)16-22(25-23)19-12-6-2-7-13-19/h1-17,24H/t23-/m1/s1. The van der Waals surface area contributed by atoms with Crippen molar-refractivity contribution in [3.8, 4) is 0 Å². The van der Waals surface area contributed by atoms with Gasteiger partial charge in [0.1, 0.15) is 5.76 Å². The van der Waals surface area contributed by atoms with E-state index in [0.29, 0.717) is 11.3 Å². The van der Waals surface area contributed by atoms with Gasteiger partial charge in [0.15, 0.2) is 0 Å². The first-order valence-electron chi connectivity index (χ1n) is 8.27. The minimum atomic E-state index is -1.51. The van der Waals surface area contributed by atoms with Crippen LogP contribution in [0, 0.1) is 0 Å². The van der Waals surface area contributed by atoms with Crippen molar-refractivity contribution >= 4 is 11.3 Å². The third-order valence-corrected chi connectivity index (χ3v) is 4.26. The Bertz CT molecular complexity index is 912. The summed E-state index contributed by atoms with van der Waals surface area (Å²) in [5, 5.41) is 11.3. The summed E-state index contributed by atoms with van der Waals surface area (Å²) in [4.78, 5) is 0. The van der Waals surface area contributed by atoms with Gasteiger partial charge in [-0.15, -0.1) is 0 Å². The van der Waals surface area contributed by atoms with Crippen LogP contribution in [-0.2, 0) is 10.5 Å². The minimum Gasteiger partial charge on any atom is -0.454 e. The smallest absolute Gasteiger partial charge is 0.255 e. The highest BCUT2D eigenvalue weighted by Gasteiger charge is 2.34. The predicted molar refractivity (Wildman–Crippen MR) is 100 cm³/mol. The number of allylic oxidation sites excluding steroid dienone is 2. The van der Waals surface area contributed by atoms with E-state index in [0.717, 1.165) is 16.7 Å². The predicted octanol–water partition coefficient (Wildman–Crippen LogP) is 4.99.